The van der Waals surface area contributed by atoms with Crippen molar-refractivity contribution in [3.05, 3.63) is 59.8 Å². The summed E-state index contributed by atoms with van der Waals surface area (Å²) in [7, 11) is 0. The lowest BCUT2D eigenvalue weighted by Gasteiger charge is -2.27. The highest BCUT2D eigenvalue weighted by molar-refractivity contribution is 5.20. The molecule has 1 aromatic carbocycles. The molecule has 2 aromatic rings. The third-order valence-electron chi connectivity index (χ3n) is 4.14. The molecule has 4 nitrogen and oxygen atoms in total. The van der Waals surface area contributed by atoms with Crippen molar-refractivity contribution in [1.29, 1.82) is 0 Å². The molecular weight excluding hydrogens is 297 g/mol. The van der Waals surface area contributed by atoms with E-state index >= 15 is 0 Å². The van der Waals surface area contributed by atoms with Gasteiger partial charge in [-0.3, -0.25) is 4.90 Å². The number of ether oxygens (including phenoxy) is 1. The molecule has 0 aliphatic carbocycles. The number of aliphatic hydroxyl groups excluding tert-OH is 1. The summed E-state index contributed by atoms with van der Waals surface area (Å²) in [6.07, 6.45) is 3.00. The van der Waals surface area contributed by atoms with Gasteiger partial charge in [0.25, 0.3) is 0 Å². The topological polar surface area (TPSA) is 45.8 Å². The van der Waals surface area contributed by atoms with Gasteiger partial charge in [0.2, 0.25) is 0 Å². The fraction of sp³-hybridized carbons (Fsp3) is 0.444. The molecule has 2 atom stereocenters. The molecule has 0 saturated carbocycles. The van der Waals surface area contributed by atoms with E-state index in [-0.39, 0.29) is 11.9 Å². The second kappa shape index (κ2) is 7.73. The van der Waals surface area contributed by atoms with Crippen LogP contribution in [-0.2, 0) is 11.3 Å². The van der Waals surface area contributed by atoms with Gasteiger partial charge in [-0.2, -0.15) is 0 Å². The van der Waals surface area contributed by atoms with E-state index in [1.54, 1.807) is 24.5 Å². The van der Waals surface area contributed by atoms with Crippen molar-refractivity contribution in [2.45, 2.75) is 31.6 Å². The van der Waals surface area contributed by atoms with Gasteiger partial charge in [-0.05, 0) is 31.0 Å². The Morgan fingerprint density at radius 1 is 1.26 bits per heavy atom. The van der Waals surface area contributed by atoms with Gasteiger partial charge in [0.1, 0.15) is 11.6 Å². The predicted octanol–water partition coefficient (Wildman–Crippen LogP) is 3.13. The minimum atomic E-state index is -0.882. The summed E-state index contributed by atoms with van der Waals surface area (Å²) >= 11 is 0. The van der Waals surface area contributed by atoms with Gasteiger partial charge in [0.15, 0.2) is 0 Å². The molecule has 0 radical (unpaired) electrons. The second-order valence-electron chi connectivity index (χ2n) is 5.95. The minimum absolute atomic E-state index is 0.165. The molecule has 1 aliphatic heterocycles. The Labute approximate surface area is 135 Å². The first kappa shape index (κ1) is 16.2. The maximum Gasteiger partial charge on any atom is 0.129 e. The van der Waals surface area contributed by atoms with Crippen LogP contribution in [0.25, 0.3) is 0 Å². The van der Waals surface area contributed by atoms with Crippen LogP contribution in [0.3, 0.4) is 0 Å². The van der Waals surface area contributed by atoms with E-state index in [0.717, 1.165) is 25.2 Å². The summed E-state index contributed by atoms with van der Waals surface area (Å²) in [6.45, 7) is 2.39. The fourth-order valence-corrected chi connectivity index (χ4v) is 2.99. The highest BCUT2D eigenvalue weighted by Gasteiger charge is 2.23. The SMILES string of the molecule is OC(CN(Cc1ccco1)CC1CCCO1)c1ccccc1F. The van der Waals surface area contributed by atoms with Crippen molar-refractivity contribution in [1.82, 2.24) is 4.90 Å². The number of aliphatic hydroxyl groups is 1. The molecule has 0 bridgehead atoms. The average molecular weight is 319 g/mol. The first-order valence-electron chi connectivity index (χ1n) is 8.01. The van der Waals surface area contributed by atoms with Gasteiger partial charge in [-0.25, -0.2) is 4.39 Å². The van der Waals surface area contributed by atoms with Crippen LogP contribution in [0, 0.1) is 5.82 Å². The Morgan fingerprint density at radius 3 is 2.83 bits per heavy atom. The Balaban J connectivity index is 1.67. The van der Waals surface area contributed by atoms with Gasteiger partial charge in [-0.1, -0.05) is 18.2 Å². The van der Waals surface area contributed by atoms with Gasteiger partial charge >= 0.3 is 0 Å². The summed E-state index contributed by atoms with van der Waals surface area (Å²) in [5.74, 6) is 0.443. The van der Waals surface area contributed by atoms with Crippen molar-refractivity contribution in [3.8, 4) is 0 Å². The van der Waals surface area contributed by atoms with Crippen LogP contribution in [0.1, 0.15) is 30.3 Å². The third-order valence-corrected chi connectivity index (χ3v) is 4.14. The molecule has 3 rings (SSSR count). The molecule has 1 N–H and O–H groups in total. The average Bonchev–Trinajstić information content (AvgIpc) is 3.21. The summed E-state index contributed by atoms with van der Waals surface area (Å²) in [5, 5.41) is 10.4. The molecule has 1 aromatic heterocycles. The van der Waals surface area contributed by atoms with E-state index in [1.807, 2.05) is 12.1 Å². The molecular formula is C18H22FNO3. The molecule has 5 heteroatoms. The van der Waals surface area contributed by atoms with Crippen LogP contribution < -0.4 is 0 Å². The summed E-state index contributed by atoms with van der Waals surface area (Å²) in [4.78, 5) is 2.06. The van der Waals surface area contributed by atoms with Gasteiger partial charge in [0, 0.05) is 25.3 Å². The first-order chi connectivity index (χ1) is 11.2. The molecule has 2 heterocycles. The molecule has 124 valence electrons. The van der Waals surface area contributed by atoms with Crippen LogP contribution >= 0.6 is 0 Å². The summed E-state index contributed by atoms with van der Waals surface area (Å²) < 4.78 is 24.9. The number of nitrogens with zero attached hydrogens (tertiary/aromatic N) is 1. The molecule has 1 fully saturated rings. The van der Waals surface area contributed by atoms with E-state index in [0.29, 0.717) is 25.2 Å². The quantitative estimate of drug-likeness (QED) is 0.852. The standard InChI is InChI=1S/C18H22FNO3/c19-17-8-2-1-7-16(17)18(21)13-20(11-14-5-3-9-22-14)12-15-6-4-10-23-15/h1-3,5,7-9,15,18,21H,4,6,10-13H2. The lowest BCUT2D eigenvalue weighted by molar-refractivity contribution is 0.0425. The van der Waals surface area contributed by atoms with Crippen LogP contribution in [0.2, 0.25) is 0 Å². The number of benzene rings is 1. The van der Waals surface area contributed by atoms with Crippen LogP contribution in [0.15, 0.2) is 47.1 Å². The zero-order chi connectivity index (χ0) is 16.1. The molecule has 0 spiro atoms. The molecule has 1 aliphatic rings. The predicted molar refractivity (Wildman–Crippen MR) is 84.3 cm³/mol. The van der Waals surface area contributed by atoms with Crippen molar-refractivity contribution in [3.63, 3.8) is 0 Å². The van der Waals surface area contributed by atoms with Gasteiger partial charge in [-0.15, -0.1) is 0 Å². The van der Waals surface area contributed by atoms with Crippen LogP contribution in [0.5, 0.6) is 0 Å². The molecule has 0 amide bonds. The first-order valence-corrected chi connectivity index (χ1v) is 8.01. The van der Waals surface area contributed by atoms with Crippen molar-refractivity contribution >= 4 is 0 Å². The van der Waals surface area contributed by atoms with E-state index in [9.17, 15) is 9.50 Å². The lowest BCUT2D eigenvalue weighted by Crippen LogP contribution is -2.35. The Morgan fingerprint density at radius 2 is 2.13 bits per heavy atom. The maximum atomic E-state index is 13.9. The van der Waals surface area contributed by atoms with Crippen molar-refractivity contribution in [2.75, 3.05) is 19.7 Å². The van der Waals surface area contributed by atoms with E-state index in [4.69, 9.17) is 9.15 Å². The maximum absolute atomic E-state index is 13.9. The van der Waals surface area contributed by atoms with E-state index in [2.05, 4.69) is 4.90 Å². The number of halogens is 1. The van der Waals surface area contributed by atoms with Gasteiger partial charge in [0.05, 0.1) is 25.0 Å². The third kappa shape index (κ3) is 4.41. The van der Waals surface area contributed by atoms with Crippen LogP contribution in [-0.4, -0.2) is 35.8 Å². The molecule has 1 saturated heterocycles. The number of furan rings is 1. The number of hydrogen-bond acceptors (Lipinski definition) is 4. The minimum Gasteiger partial charge on any atom is -0.468 e. The summed E-state index contributed by atoms with van der Waals surface area (Å²) in [6, 6.07) is 10.1. The molecule has 23 heavy (non-hydrogen) atoms. The highest BCUT2D eigenvalue weighted by atomic mass is 19.1. The van der Waals surface area contributed by atoms with E-state index < -0.39 is 6.10 Å². The zero-order valence-electron chi connectivity index (χ0n) is 13.0. The van der Waals surface area contributed by atoms with Crippen molar-refractivity contribution < 1.29 is 18.7 Å². The largest absolute Gasteiger partial charge is 0.468 e. The fourth-order valence-electron chi connectivity index (χ4n) is 2.99. The van der Waals surface area contributed by atoms with Crippen LogP contribution in [0.4, 0.5) is 4.39 Å². The smallest absolute Gasteiger partial charge is 0.129 e. The highest BCUT2D eigenvalue weighted by Crippen LogP contribution is 2.21. The Bertz CT molecular complexity index is 596. The number of rotatable bonds is 7. The monoisotopic (exact) mass is 319 g/mol. The molecule has 2 unspecified atom stereocenters. The lowest BCUT2D eigenvalue weighted by atomic mass is 10.1. The zero-order valence-corrected chi connectivity index (χ0v) is 13.0. The summed E-state index contributed by atoms with van der Waals surface area (Å²) in [5.41, 5.74) is 0.323. The Kier molecular flexibility index (Phi) is 5.43. The van der Waals surface area contributed by atoms with Gasteiger partial charge < -0.3 is 14.3 Å². The van der Waals surface area contributed by atoms with E-state index in [1.165, 1.54) is 6.07 Å². The van der Waals surface area contributed by atoms with Crippen molar-refractivity contribution in [2.24, 2.45) is 0 Å². The normalized spacial score (nSPS) is 19.3. The second-order valence-corrected chi connectivity index (χ2v) is 5.95. The Hall–Kier alpha value is -1.69. The number of hydrogen-bond donors (Lipinski definition) is 1.